The van der Waals surface area contributed by atoms with Gasteiger partial charge in [0.15, 0.2) is 0 Å². The second-order valence-corrected chi connectivity index (χ2v) is 4.35. The van der Waals surface area contributed by atoms with Crippen molar-refractivity contribution >= 4 is 17.6 Å². The molecule has 0 unspecified atom stereocenters. The Bertz CT molecular complexity index is 364. The van der Waals surface area contributed by atoms with Crippen LogP contribution in [0.1, 0.15) is 0 Å². The van der Waals surface area contributed by atoms with E-state index in [1.807, 2.05) is 17.8 Å². The predicted octanol–water partition coefficient (Wildman–Crippen LogP) is 2.68. The van der Waals surface area contributed by atoms with Crippen LogP contribution in [0.15, 0.2) is 53.8 Å². The van der Waals surface area contributed by atoms with Crippen molar-refractivity contribution in [2.45, 2.75) is 4.90 Å². The number of aromatic nitrogens is 2. The summed E-state index contributed by atoms with van der Waals surface area (Å²) in [7, 11) is 0. The highest BCUT2D eigenvalue weighted by atomic mass is 32.2. The Morgan fingerprint density at radius 3 is 2.75 bits per heavy atom. The highest BCUT2D eigenvalue weighted by molar-refractivity contribution is 7.99. The molecule has 0 amide bonds. The van der Waals surface area contributed by atoms with Gasteiger partial charge in [-0.1, -0.05) is 18.2 Å². The van der Waals surface area contributed by atoms with E-state index in [1.165, 1.54) is 4.90 Å². The second kappa shape index (κ2) is 6.12. The molecule has 1 aromatic carbocycles. The number of nitrogens with zero attached hydrogens (tertiary/aromatic N) is 2. The normalized spacial score (nSPS) is 10.0. The average Bonchev–Trinajstić information content (AvgIpc) is 2.37. The summed E-state index contributed by atoms with van der Waals surface area (Å²) in [6.45, 7) is 0.887. The molecule has 2 aromatic rings. The predicted molar refractivity (Wildman–Crippen MR) is 67.7 cm³/mol. The van der Waals surface area contributed by atoms with Gasteiger partial charge in [-0.05, 0) is 12.1 Å². The molecule has 2 rings (SSSR count). The SMILES string of the molecule is c1ccc(SCCNc2cnccn2)cc1. The number of anilines is 1. The first-order valence-electron chi connectivity index (χ1n) is 5.13. The zero-order valence-corrected chi connectivity index (χ0v) is 9.65. The lowest BCUT2D eigenvalue weighted by Crippen LogP contribution is -2.05. The van der Waals surface area contributed by atoms with Crippen molar-refractivity contribution in [3.63, 3.8) is 0 Å². The molecule has 0 aliphatic carbocycles. The number of nitrogens with one attached hydrogen (secondary N) is 1. The van der Waals surface area contributed by atoms with E-state index in [0.29, 0.717) is 0 Å². The van der Waals surface area contributed by atoms with Crippen LogP contribution in [0.3, 0.4) is 0 Å². The molecule has 0 aliphatic heterocycles. The van der Waals surface area contributed by atoms with Crippen LogP contribution in [0.4, 0.5) is 5.82 Å². The van der Waals surface area contributed by atoms with Crippen LogP contribution in [-0.4, -0.2) is 22.3 Å². The monoisotopic (exact) mass is 231 g/mol. The maximum absolute atomic E-state index is 4.14. The first kappa shape index (κ1) is 11.0. The molecule has 0 aliphatic rings. The summed E-state index contributed by atoms with van der Waals surface area (Å²) in [6.07, 6.45) is 5.09. The van der Waals surface area contributed by atoms with Crippen molar-refractivity contribution in [3.05, 3.63) is 48.9 Å². The van der Waals surface area contributed by atoms with Crippen LogP contribution in [0.5, 0.6) is 0 Å². The topological polar surface area (TPSA) is 37.8 Å². The summed E-state index contributed by atoms with van der Waals surface area (Å²) in [5, 5.41) is 3.22. The molecule has 82 valence electrons. The van der Waals surface area contributed by atoms with Crippen LogP contribution >= 0.6 is 11.8 Å². The second-order valence-electron chi connectivity index (χ2n) is 3.18. The summed E-state index contributed by atoms with van der Waals surface area (Å²) in [4.78, 5) is 9.43. The lowest BCUT2D eigenvalue weighted by atomic mass is 10.4. The molecular weight excluding hydrogens is 218 g/mol. The van der Waals surface area contributed by atoms with Gasteiger partial charge in [-0.15, -0.1) is 11.8 Å². The Balaban J connectivity index is 1.70. The van der Waals surface area contributed by atoms with Crippen LogP contribution in [0.2, 0.25) is 0 Å². The Hall–Kier alpha value is -1.55. The van der Waals surface area contributed by atoms with Crippen molar-refractivity contribution in [2.75, 3.05) is 17.6 Å². The number of rotatable bonds is 5. The number of hydrogen-bond donors (Lipinski definition) is 1. The Labute approximate surface area is 99.3 Å². The van der Waals surface area contributed by atoms with Gasteiger partial charge in [0.1, 0.15) is 5.82 Å². The smallest absolute Gasteiger partial charge is 0.144 e. The van der Waals surface area contributed by atoms with Gasteiger partial charge in [0.05, 0.1) is 6.20 Å². The Morgan fingerprint density at radius 2 is 2.00 bits per heavy atom. The molecule has 3 nitrogen and oxygen atoms in total. The quantitative estimate of drug-likeness (QED) is 0.634. The molecule has 0 spiro atoms. The molecule has 1 aromatic heterocycles. The van der Waals surface area contributed by atoms with E-state index in [4.69, 9.17) is 0 Å². The van der Waals surface area contributed by atoms with E-state index in [9.17, 15) is 0 Å². The molecule has 0 saturated heterocycles. The molecule has 0 bridgehead atoms. The standard InChI is InChI=1S/C12H13N3S/c1-2-4-11(5-3-1)16-9-8-15-12-10-13-6-7-14-12/h1-7,10H,8-9H2,(H,14,15). The average molecular weight is 231 g/mol. The lowest BCUT2D eigenvalue weighted by Gasteiger charge is -2.04. The maximum Gasteiger partial charge on any atom is 0.144 e. The molecule has 0 radical (unpaired) electrons. The molecule has 1 heterocycles. The highest BCUT2D eigenvalue weighted by Crippen LogP contribution is 2.16. The van der Waals surface area contributed by atoms with E-state index in [2.05, 4.69) is 39.6 Å². The van der Waals surface area contributed by atoms with Crippen molar-refractivity contribution < 1.29 is 0 Å². The van der Waals surface area contributed by atoms with Crippen LogP contribution in [-0.2, 0) is 0 Å². The maximum atomic E-state index is 4.14. The first-order chi connectivity index (χ1) is 7.95. The summed E-state index contributed by atoms with van der Waals surface area (Å²) in [6, 6.07) is 10.4. The number of thioether (sulfide) groups is 1. The van der Waals surface area contributed by atoms with E-state index < -0.39 is 0 Å². The minimum absolute atomic E-state index is 0.830. The molecule has 0 saturated carbocycles. The molecular formula is C12H13N3S. The number of hydrogen-bond acceptors (Lipinski definition) is 4. The summed E-state index contributed by atoms with van der Waals surface area (Å²) >= 11 is 1.83. The van der Waals surface area contributed by atoms with Gasteiger partial charge in [0, 0.05) is 29.6 Å². The Kier molecular flexibility index (Phi) is 4.19. The van der Waals surface area contributed by atoms with Crippen LogP contribution < -0.4 is 5.32 Å². The molecule has 0 fully saturated rings. The van der Waals surface area contributed by atoms with Gasteiger partial charge in [0.2, 0.25) is 0 Å². The van der Waals surface area contributed by atoms with Gasteiger partial charge < -0.3 is 5.32 Å². The molecule has 0 atom stereocenters. The fraction of sp³-hybridized carbons (Fsp3) is 0.167. The summed E-state index contributed by atoms with van der Waals surface area (Å²) in [5.74, 6) is 1.84. The Morgan fingerprint density at radius 1 is 1.12 bits per heavy atom. The fourth-order valence-corrected chi connectivity index (χ4v) is 2.04. The van der Waals surface area contributed by atoms with Crippen molar-refractivity contribution in [1.82, 2.24) is 9.97 Å². The highest BCUT2D eigenvalue weighted by Gasteiger charge is 1.93. The minimum atomic E-state index is 0.830. The lowest BCUT2D eigenvalue weighted by molar-refractivity contribution is 1.13. The van der Waals surface area contributed by atoms with E-state index >= 15 is 0 Å². The zero-order valence-electron chi connectivity index (χ0n) is 8.84. The van der Waals surface area contributed by atoms with Gasteiger partial charge >= 0.3 is 0 Å². The van der Waals surface area contributed by atoms with Crippen LogP contribution in [0, 0.1) is 0 Å². The molecule has 1 N–H and O–H groups in total. The summed E-state index contributed by atoms with van der Waals surface area (Å²) < 4.78 is 0. The third-order valence-electron chi connectivity index (χ3n) is 1.98. The van der Waals surface area contributed by atoms with Gasteiger partial charge in [-0.3, -0.25) is 4.98 Å². The third kappa shape index (κ3) is 3.55. The third-order valence-corrected chi connectivity index (χ3v) is 3.00. The van der Waals surface area contributed by atoms with Gasteiger partial charge in [0.25, 0.3) is 0 Å². The molecule has 16 heavy (non-hydrogen) atoms. The zero-order chi connectivity index (χ0) is 11.1. The van der Waals surface area contributed by atoms with E-state index in [0.717, 1.165) is 18.1 Å². The van der Waals surface area contributed by atoms with Gasteiger partial charge in [-0.2, -0.15) is 0 Å². The van der Waals surface area contributed by atoms with Crippen molar-refractivity contribution in [2.24, 2.45) is 0 Å². The summed E-state index contributed by atoms with van der Waals surface area (Å²) in [5.41, 5.74) is 0. The van der Waals surface area contributed by atoms with Crippen LogP contribution in [0.25, 0.3) is 0 Å². The van der Waals surface area contributed by atoms with Crippen molar-refractivity contribution in [3.8, 4) is 0 Å². The van der Waals surface area contributed by atoms with E-state index in [1.54, 1.807) is 18.6 Å². The minimum Gasteiger partial charge on any atom is -0.368 e. The van der Waals surface area contributed by atoms with E-state index in [-0.39, 0.29) is 0 Å². The van der Waals surface area contributed by atoms with Gasteiger partial charge in [-0.25, -0.2) is 4.98 Å². The fourth-order valence-electron chi connectivity index (χ4n) is 1.26. The largest absolute Gasteiger partial charge is 0.368 e. The number of benzene rings is 1. The first-order valence-corrected chi connectivity index (χ1v) is 6.11. The molecule has 4 heteroatoms. The van der Waals surface area contributed by atoms with Crippen molar-refractivity contribution in [1.29, 1.82) is 0 Å².